The van der Waals surface area contributed by atoms with Crippen molar-refractivity contribution in [3.8, 4) is 0 Å². The molecule has 0 radical (unpaired) electrons. The predicted octanol–water partition coefficient (Wildman–Crippen LogP) is 1.45. The first kappa shape index (κ1) is 18.4. The van der Waals surface area contributed by atoms with Crippen molar-refractivity contribution in [3.05, 3.63) is 80.4 Å². The predicted molar refractivity (Wildman–Crippen MR) is 113 cm³/mol. The van der Waals surface area contributed by atoms with E-state index in [4.69, 9.17) is 0 Å². The van der Waals surface area contributed by atoms with Gasteiger partial charge in [-0.3, -0.25) is 19.0 Å². The monoisotopic (exact) mass is 403 g/mol. The van der Waals surface area contributed by atoms with Gasteiger partial charge in [-0.15, -0.1) is 5.10 Å². The number of benzene rings is 2. The number of nitrogens with zero attached hydrogens (tertiary/aromatic N) is 5. The molecule has 8 heteroatoms. The van der Waals surface area contributed by atoms with Gasteiger partial charge in [0.2, 0.25) is 11.9 Å². The number of aryl methyl sites for hydroxylation is 1. The number of para-hydroxylation sites is 1. The van der Waals surface area contributed by atoms with Crippen LogP contribution in [0.5, 0.6) is 0 Å². The van der Waals surface area contributed by atoms with Crippen LogP contribution in [0.2, 0.25) is 0 Å². The largest absolute Gasteiger partial charge is 0.333 e. The minimum absolute atomic E-state index is 0.251. The van der Waals surface area contributed by atoms with Crippen LogP contribution in [0.1, 0.15) is 11.1 Å². The van der Waals surface area contributed by atoms with Crippen LogP contribution >= 0.6 is 0 Å². The fraction of sp³-hybridized carbons (Fsp3) is 0.273. The lowest BCUT2D eigenvalue weighted by Gasteiger charge is -2.20. The van der Waals surface area contributed by atoms with Crippen molar-refractivity contribution < 1.29 is 4.79 Å². The zero-order valence-corrected chi connectivity index (χ0v) is 16.6. The molecule has 0 saturated heterocycles. The van der Waals surface area contributed by atoms with Gasteiger partial charge in [0.05, 0.1) is 0 Å². The van der Waals surface area contributed by atoms with Crippen LogP contribution in [0.25, 0.3) is 0 Å². The Labute approximate surface area is 172 Å². The van der Waals surface area contributed by atoms with Crippen molar-refractivity contribution in [2.75, 3.05) is 22.9 Å². The molecule has 3 heterocycles. The van der Waals surface area contributed by atoms with E-state index in [9.17, 15) is 14.4 Å². The Hall–Kier alpha value is -3.68. The highest BCUT2D eigenvalue weighted by Gasteiger charge is 2.28. The van der Waals surface area contributed by atoms with E-state index in [2.05, 4.69) is 5.10 Å². The molecule has 0 spiro atoms. The second-order valence-electron chi connectivity index (χ2n) is 7.63. The van der Waals surface area contributed by atoms with Crippen LogP contribution < -0.4 is 20.9 Å². The van der Waals surface area contributed by atoms with Crippen LogP contribution in [-0.2, 0) is 24.3 Å². The molecule has 2 aliphatic heterocycles. The number of hydrogen-bond donors (Lipinski definition) is 0. The Morgan fingerprint density at radius 3 is 2.53 bits per heavy atom. The molecule has 0 N–H and O–H groups in total. The van der Waals surface area contributed by atoms with Crippen LogP contribution in [0.4, 0.5) is 17.3 Å². The van der Waals surface area contributed by atoms with E-state index in [0.29, 0.717) is 25.6 Å². The maximum atomic E-state index is 12.9. The molecule has 0 atom stereocenters. The third-order valence-corrected chi connectivity index (χ3v) is 5.72. The van der Waals surface area contributed by atoms with Gasteiger partial charge in [-0.1, -0.05) is 35.9 Å². The molecule has 5 rings (SSSR count). The Morgan fingerprint density at radius 1 is 0.967 bits per heavy atom. The third-order valence-electron chi connectivity index (χ3n) is 5.72. The van der Waals surface area contributed by atoms with Gasteiger partial charge >= 0.3 is 11.1 Å². The molecular formula is C22H21N5O3. The summed E-state index contributed by atoms with van der Waals surface area (Å²) in [6.07, 6.45) is 0.776. The Kier molecular flexibility index (Phi) is 4.27. The van der Waals surface area contributed by atoms with Crippen molar-refractivity contribution in [1.29, 1.82) is 0 Å². The molecule has 8 nitrogen and oxygen atoms in total. The number of aromatic nitrogens is 3. The van der Waals surface area contributed by atoms with Gasteiger partial charge in [0, 0.05) is 31.0 Å². The fourth-order valence-electron chi connectivity index (χ4n) is 4.11. The molecule has 2 aromatic carbocycles. The van der Waals surface area contributed by atoms with Gasteiger partial charge in [-0.25, -0.2) is 4.68 Å². The second-order valence-corrected chi connectivity index (χ2v) is 7.63. The number of carbonyl (C=O) groups is 1. The lowest BCUT2D eigenvalue weighted by atomic mass is 10.2. The minimum Gasteiger partial charge on any atom is -0.310 e. The van der Waals surface area contributed by atoms with Crippen molar-refractivity contribution >= 4 is 23.2 Å². The van der Waals surface area contributed by atoms with Gasteiger partial charge in [0.1, 0.15) is 6.54 Å². The summed E-state index contributed by atoms with van der Waals surface area (Å²) in [5, 5.41) is 4.41. The highest BCUT2D eigenvalue weighted by molar-refractivity contribution is 5.95. The Balaban J connectivity index is 1.49. The van der Waals surface area contributed by atoms with Gasteiger partial charge in [-0.2, -0.15) is 0 Å². The van der Waals surface area contributed by atoms with E-state index < -0.39 is 11.1 Å². The van der Waals surface area contributed by atoms with E-state index in [1.54, 1.807) is 4.90 Å². The fourth-order valence-corrected chi connectivity index (χ4v) is 4.11. The summed E-state index contributed by atoms with van der Waals surface area (Å²) < 4.78 is 2.39. The van der Waals surface area contributed by atoms with Crippen molar-refractivity contribution in [2.45, 2.75) is 26.4 Å². The highest BCUT2D eigenvalue weighted by Crippen LogP contribution is 2.28. The average molecular weight is 403 g/mol. The zero-order chi connectivity index (χ0) is 20.8. The van der Waals surface area contributed by atoms with E-state index in [1.807, 2.05) is 60.4 Å². The lowest BCUT2D eigenvalue weighted by Crippen LogP contribution is -2.45. The number of fused-ring (bicyclic) bond motifs is 2. The van der Waals surface area contributed by atoms with Gasteiger partial charge in [-0.05, 0) is 37.1 Å². The normalized spacial score (nSPS) is 14.7. The second kappa shape index (κ2) is 6.98. The number of rotatable bonds is 3. The summed E-state index contributed by atoms with van der Waals surface area (Å²) in [5.74, 6) is 0.136. The smallest absolute Gasteiger partial charge is 0.310 e. The molecule has 1 amide bonds. The molecule has 0 saturated carbocycles. The topological polar surface area (TPSA) is 80.4 Å². The minimum atomic E-state index is -0.773. The van der Waals surface area contributed by atoms with E-state index in [0.717, 1.165) is 33.6 Å². The maximum Gasteiger partial charge on any atom is 0.333 e. The van der Waals surface area contributed by atoms with Crippen molar-refractivity contribution in [2.24, 2.45) is 0 Å². The molecular weight excluding hydrogens is 382 g/mol. The third kappa shape index (κ3) is 2.92. The Morgan fingerprint density at radius 2 is 1.73 bits per heavy atom. The molecule has 2 aliphatic rings. The summed E-state index contributed by atoms with van der Waals surface area (Å²) in [6, 6.07) is 15.6. The molecule has 30 heavy (non-hydrogen) atoms. The van der Waals surface area contributed by atoms with E-state index >= 15 is 0 Å². The molecule has 152 valence electrons. The summed E-state index contributed by atoms with van der Waals surface area (Å²) in [5.41, 5.74) is 2.56. The summed E-state index contributed by atoms with van der Waals surface area (Å²) in [6.45, 7) is 3.23. The van der Waals surface area contributed by atoms with Crippen LogP contribution in [0.3, 0.4) is 0 Å². The number of anilines is 3. The number of amides is 1. The lowest BCUT2D eigenvalue weighted by molar-refractivity contribution is -0.119. The molecule has 1 aromatic heterocycles. The Bertz CT molecular complexity index is 1260. The number of carbonyl (C=O) groups excluding carboxylic acids is 1. The molecule has 0 unspecified atom stereocenters. The molecule has 3 aromatic rings. The summed E-state index contributed by atoms with van der Waals surface area (Å²) >= 11 is 0. The quantitative estimate of drug-likeness (QED) is 0.619. The summed E-state index contributed by atoms with van der Waals surface area (Å²) in [7, 11) is 0. The van der Waals surface area contributed by atoms with Gasteiger partial charge in [0.25, 0.3) is 0 Å². The number of hydrogen-bond acceptors (Lipinski definition) is 5. The highest BCUT2D eigenvalue weighted by atomic mass is 16.2. The first-order chi connectivity index (χ1) is 14.5. The summed E-state index contributed by atoms with van der Waals surface area (Å²) in [4.78, 5) is 41.7. The van der Waals surface area contributed by atoms with Gasteiger partial charge in [0.15, 0.2) is 0 Å². The van der Waals surface area contributed by atoms with Crippen LogP contribution in [-0.4, -0.2) is 33.3 Å². The SMILES string of the molecule is Cc1ccc(N2CCn3c2nn(CC(=O)N2CCc4ccccc42)c(=O)c3=O)cc1. The van der Waals surface area contributed by atoms with Crippen LogP contribution in [0.15, 0.2) is 58.1 Å². The first-order valence-electron chi connectivity index (χ1n) is 9.97. The average Bonchev–Trinajstić information content (AvgIpc) is 3.37. The molecule has 0 bridgehead atoms. The molecule has 0 fully saturated rings. The van der Waals surface area contributed by atoms with E-state index in [-0.39, 0.29) is 12.5 Å². The van der Waals surface area contributed by atoms with Gasteiger partial charge < -0.3 is 9.80 Å². The zero-order valence-electron chi connectivity index (χ0n) is 16.6. The van der Waals surface area contributed by atoms with Crippen LogP contribution in [0, 0.1) is 6.92 Å². The van der Waals surface area contributed by atoms with Crippen molar-refractivity contribution in [3.63, 3.8) is 0 Å². The van der Waals surface area contributed by atoms with E-state index in [1.165, 1.54) is 4.57 Å². The first-order valence-corrected chi connectivity index (χ1v) is 9.97. The maximum absolute atomic E-state index is 12.9. The van der Waals surface area contributed by atoms with Crippen molar-refractivity contribution in [1.82, 2.24) is 14.3 Å². The molecule has 0 aliphatic carbocycles. The standard InChI is InChI=1S/C22H21N5O3/c1-15-6-8-17(9-7-15)24-12-13-26-20(29)21(30)27(23-22(24)26)14-19(28)25-11-10-16-4-2-3-5-18(16)25/h2-9H,10-14H2,1H3.